The highest BCUT2D eigenvalue weighted by Crippen LogP contribution is 2.22. The number of carbonyl (C=O) groups is 1. The number of aryl methyl sites for hydroxylation is 1. The molecule has 0 aliphatic carbocycles. The summed E-state index contributed by atoms with van der Waals surface area (Å²) >= 11 is 0. The van der Waals surface area contributed by atoms with Crippen molar-refractivity contribution in [3.8, 4) is 5.75 Å². The number of amides is 1. The first-order chi connectivity index (χ1) is 8.63. The Labute approximate surface area is 107 Å². The molecule has 4 heteroatoms. The molecule has 1 aliphatic heterocycles. The van der Waals surface area contributed by atoms with Crippen LogP contribution in [0.4, 0.5) is 0 Å². The van der Waals surface area contributed by atoms with Crippen LogP contribution in [-0.2, 0) is 0 Å². The van der Waals surface area contributed by atoms with Crippen molar-refractivity contribution >= 4 is 5.91 Å². The van der Waals surface area contributed by atoms with Gasteiger partial charge in [0.05, 0.1) is 0 Å². The molecular weight excluding hydrogens is 228 g/mol. The van der Waals surface area contributed by atoms with Crippen LogP contribution in [0.15, 0.2) is 18.2 Å². The van der Waals surface area contributed by atoms with Crippen molar-refractivity contribution < 1.29 is 9.90 Å². The molecule has 1 aliphatic rings. The van der Waals surface area contributed by atoms with Gasteiger partial charge in [0.15, 0.2) is 0 Å². The first-order valence-corrected chi connectivity index (χ1v) is 6.44. The van der Waals surface area contributed by atoms with Crippen LogP contribution in [0.5, 0.6) is 5.75 Å². The van der Waals surface area contributed by atoms with E-state index in [1.807, 2.05) is 11.8 Å². The van der Waals surface area contributed by atoms with E-state index in [9.17, 15) is 9.90 Å². The zero-order valence-corrected chi connectivity index (χ0v) is 10.7. The summed E-state index contributed by atoms with van der Waals surface area (Å²) in [6.07, 6.45) is 3.17. The topological polar surface area (TPSA) is 66.6 Å². The minimum Gasteiger partial charge on any atom is -0.508 e. The molecule has 0 bridgehead atoms. The quantitative estimate of drug-likeness (QED) is 0.836. The molecule has 0 saturated carbocycles. The van der Waals surface area contributed by atoms with Crippen LogP contribution in [0.3, 0.4) is 0 Å². The van der Waals surface area contributed by atoms with Gasteiger partial charge in [0.25, 0.3) is 5.91 Å². The highest BCUT2D eigenvalue weighted by molar-refractivity contribution is 5.96. The van der Waals surface area contributed by atoms with E-state index in [2.05, 4.69) is 0 Å². The summed E-state index contributed by atoms with van der Waals surface area (Å²) in [7, 11) is 0. The van der Waals surface area contributed by atoms with Gasteiger partial charge in [0, 0.05) is 24.7 Å². The molecule has 18 heavy (non-hydrogen) atoms. The predicted molar refractivity (Wildman–Crippen MR) is 70.6 cm³/mol. The first kappa shape index (κ1) is 12.9. The predicted octanol–water partition coefficient (Wildman–Crippen LogP) is 1.65. The number of phenolic OH excluding ortho intramolecular Hbond substituents is 1. The molecule has 3 N–H and O–H groups in total. The largest absolute Gasteiger partial charge is 0.508 e. The molecule has 1 aromatic rings. The van der Waals surface area contributed by atoms with Crippen molar-refractivity contribution in [3.63, 3.8) is 0 Å². The van der Waals surface area contributed by atoms with Crippen LogP contribution in [0.2, 0.25) is 0 Å². The third kappa shape index (κ3) is 2.48. The van der Waals surface area contributed by atoms with Crippen LogP contribution >= 0.6 is 0 Å². The number of hydrogen-bond donors (Lipinski definition) is 2. The van der Waals surface area contributed by atoms with Crippen molar-refractivity contribution in [2.24, 2.45) is 5.73 Å². The van der Waals surface area contributed by atoms with E-state index in [0.717, 1.165) is 31.4 Å². The van der Waals surface area contributed by atoms with Gasteiger partial charge in [0.2, 0.25) is 0 Å². The second kappa shape index (κ2) is 5.40. The van der Waals surface area contributed by atoms with Crippen LogP contribution in [0.25, 0.3) is 0 Å². The lowest BCUT2D eigenvalue weighted by Gasteiger charge is -2.35. The number of nitrogens with zero attached hydrogens (tertiary/aromatic N) is 1. The van der Waals surface area contributed by atoms with Gasteiger partial charge in [0.1, 0.15) is 5.75 Å². The zero-order chi connectivity index (χ0) is 13.1. The average Bonchev–Trinajstić information content (AvgIpc) is 2.38. The molecule has 4 nitrogen and oxygen atoms in total. The Morgan fingerprint density at radius 1 is 1.50 bits per heavy atom. The number of carbonyl (C=O) groups excluding carboxylic acids is 1. The molecule has 1 unspecified atom stereocenters. The minimum atomic E-state index is 0.0302. The smallest absolute Gasteiger partial charge is 0.254 e. The number of aromatic hydroxyl groups is 1. The Bertz CT molecular complexity index is 445. The number of rotatable bonds is 2. The van der Waals surface area contributed by atoms with E-state index < -0.39 is 0 Å². The van der Waals surface area contributed by atoms with Crippen molar-refractivity contribution in [2.45, 2.75) is 32.2 Å². The summed E-state index contributed by atoms with van der Waals surface area (Å²) in [5, 5.41) is 9.38. The van der Waals surface area contributed by atoms with Crippen molar-refractivity contribution in [1.82, 2.24) is 4.90 Å². The second-order valence-electron chi connectivity index (χ2n) is 4.88. The Hall–Kier alpha value is -1.55. The number of piperidine rings is 1. The molecule has 1 amide bonds. The molecule has 0 aromatic heterocycles. The van der Waals surface area contributed by atoms with Crippen molar-refractivity contribution in [2.75, 3.05) is 13.1 Å². The van der Waals surface area contributed by atoms with Crippen LogP contribution < -0.4 is 5.73 Å². The average molecular weight is 248 g/mol. The summed E-state index contributed by atoms with van der Waals surface area (Å²) in [5.74, 6) is 0.223. The van der Waals surface area contributed by atoms with Gasteiger partial charge in [-0.3, -0.25) is 4.79 Å². The molecule has 98 valence electrons. The third-order valence-corrected chi connectivity index (χ3v) is 3.60. The maximum Gasteiger partial charge on any atom is 0.254 e. The molecule has 1 aromatic carbocycles. The van der Waals surface area contributed by atoms with E-state index in [4.69, 9.17) is 5.73 Å². The number of nitrogens with two attached hydrogens (primary N) is 1. The van der Waals surface area contributed by atoms with Crippen LogP contribution in [0, 0.1) is 6.92 Å². The molecule has 1 fully saturated rings. The van der Waals surface area contributed by atoms with Crippen molar-refractivity contribution in [3.05, 3.63) is 29.3 Å². The van der Waals surface area contributed by atoms with E-state index >= 15 is 0 Å². The van der Waals surface area contributed by atoms with Gasteiger partial charge < -0.3 is 15.7 Å². The molecule has 2 rings (SSSR count). The highest BCUT2D eigenvalue weighted by Gasteiger charge is 2.27. The van der Waals surface area contributed by atoms with Gasteiger partial charge >= 0.3 is 0 Å². The monoisotopic (exact) mass is 248 g/mol. The number of likely N-dealkylation sites (tertiary alicyclic amines) is 1. The fourth-order valence-electron chi connectivity index (χ4n) is 2.56. The molecule has 0 radical (unpaired) electrons. The number of hydrogen-bond acceptors (Lipinski definition) is 3. The fraction of sp³-hybridized carbons (Fsp3) is 0.500. The van der Waals surface area contributed by atoms with Gasteiger partial charge in [-0.05, 0) is 49.9 Å². The fourth-order valence-corrected chi connectivity index (χ4v) is 2.56. The van der Waals surface area contributed by atoms with E-state index in [-0.39, 0.29) is 17.7 Å². The van der Waals surface area contributed by atoms with Gasteiger partial charge in [-0.1, -0.05) is 0 Å². The maximum atomic E-state index is 12.5. The first-order valence-electron chi connectivity index (χ1n) is 6.44. The standard InChI is InChI=1S/C14H20N2O2/c1-10-8-12(17)5-6-13(10)14(18)16-7-3-2-4-11(16)9-15/h5-6,8,11,17H,2-4,7,9,15H2,1H3. The van der Waals surface area contributed by atoms with Gasteiger partial charge in [-0.2, -0.15) is 0 Å². The molecule has 1 heterocycles. The van der Waals surface area contributed by atoms with Crippen LogP contribution in [-0.4, -0.2) is 35.0 Å². The number of phenols is 1. The summed E-state index contributed by atoms with van der Waals surface area (Å²) in [5.41, 5.74) is 7.20. The Kier molecular flexibility index (Phi) is 3.87. The zero-order valence-electron chi connectivity index (χ0n) is 10.7. The summed E-state index contributed by atoms with van der Waals surface area (Å²) < 4.78 is 0. The molecule has 1 atom stereocenters. The summed E-state index contributed by atoms with van der Waals surface area (Å²) in [6, 6.07) is 5.02. The lowest BCUT2D eigenvalue weighted by Crippen LogP contribution is -2.47. The van der Waals surface area contributed by atoms with E-state index in [1.54, 1.807) is 18.2 Å². The maximum absolute atomic E-state index is 12.5. The third-order valence-electron chi connectivity index (χ3n) is 3.60. The highest BCUT2D eigenvalue weighted by atomic mass is 16.3. The van der Waals surface area contributed by atoms with Gasteiger partial charge in [-0.25, -0.2) is 0 Å². The molecular formula is C14H20N2O2. The van der Waals surface area contributed by atoms with E-state index in [1.165, 1.54) is 0 Å². The number of benzene rings is 1. The lowest BCUT2D eigenvalue weighted by molar-refractivity contribution is 0.0622. The molecule has 1 saturated heterocycles. The summed E-state index contributed by atoms with van der Waals surface area (Å²) in [4.78, 5) is 14.4. The minimum absolute atomic E-state index is 0.0302. The normalized spacial score (nSPS) is 19.9. The van der Waals surface area contributed by atoms with Gasteiger partial charge in [-0.15, -0.1) is 0 Å². The Balaban J connectivity index is 2.24. The van der Waals surface area contributed by atoms with Crippen LogP contribution in [0.1, 0.15) is 35.2 Å². The summed E-state index contributed by atoms with van der Waals surface area (Å²) in [6.45, 7) is 3.14. The molecule has 0 spiro atoms. The SMILES string of the molecule is Cc1cc(O)ccc1C(=O)N1CCCCC1CN. The Morgan fingerprint density at radius 3 is 2.94 bits per heavy atom. The van der Waals surface area contributed by atoms with E-state index in [0.29, 0.717) is 12.1 Å². The Morgan fingerprint density at radius 2 is 2.28 bits per heavy atom. The lowest BCUT2D eigenvalue weighted by atomic mass is 9.99. The van der Waals surface area contributed by atoms with Crippen molar-refractivity contribution in [1.29, 1.82) is 0 Å². The second-order valence-corrected chi connectivity index (χ2v) is 4.88.